The smallest absolute Gasteiger partial charge is 0.289 e. The second-order valence-electron chi connectivity index (χ2n) is 9.51. The van der Waals surface area contributed by atoms with Gasteiger partial charge in [0, 0.05) is 20.1 Å². The largest absolute Gasteiger partial charge is 0.333 e. The van der Waals surface area contributed by atoms with E-state index in [9.17, 15) is 9.59 Å². The minimum absolute atomic E-state index is 0.150. The van der Waals surface area contributed by atoms with Gasteiger partial charge >= 0.3 is 11.9 Å². The van der Waals surface area contributed by atoms with Gasteiger partial charge in [-0.3, -0.25) is 19.5 Å². The minimum atomic E-state index is -0.452. The molecule has 2 unspecified atom stereocenters. The summed E-state index contributed by atoms with van der Waals surface area (Å²) in [7, 11) is 3.31. The third-order valence-electron chi connectivity index (χ3n) is 7.15. The number of likely N-dealkylation sites (N-methyl/N-ethyl adjacent to an activating group) is 2. The van der Waals surface area contributed by atoms with Crippen LogP contribution in [0.3, 0.4) is 0 Å². The van der Waals surface area contributed by atoms with Crippen LogP contribution in [-0.2, 0) is 4.79 Å². The molecule has 3 rings (SSSR count). The third kappa shape index (κ3) is 5.54. The molecule has 0 aromatic rings. The van der Waals surface area contributed by atoms with E-state index >= 15 is 0 Å². The van der Waals surface area contributed by atoms with Gasteiger partial charge in [-0.2, -0.15) is 0 Å². The van der Waals surface area contributed by atoms with Crippen molar-refractivity contribution in [1.82, 2.24) is 14.7 Å². The van der Waals surface area contributed by atoms with E-state index in [-0.39, 0.29) is 11.9 Å². The van der Waals surface area contributed by atoms with Crippen molar-refractivity contribution < 1.29 is 14.2 Å². The maximum absolute atomic E-state index is 13.0. The van der Waals surface area contributed by atoms with Crippen molar-refractivity contribution in [2.45, 2.75) is 96.6 Å². The minimum Gasteiger partial charge on any atom is -0.289 e. The van der Waals surface area contributed by atoms with Crippen molar-refractivity contribution in [2.24, 2.45) is 4.99 Å². The van der Waals surface area contributed by atoms with E-state index in [4.69, 9.17) is 4.99 Å². The number of hydrogen-bond acceptors (Lipinski definition) is 4. The van der Waals surface area contributed by atoms with Crippen LogP contribution in [0.1, 0.15) is 84.5 Å². The van der Waals surface area contributed by atoms with Crippen LogP contribution in [0, 0.1) is 0 Å². The zero-order chi connectivity index (χ0) is 22.4. The zero-order valence-corrected chi connectivity index (χ0v) is 20.1. The van der Waals surface area contributed by atoms with Gasteiger partial charge in [0.05, 0.1) is 6.54 Å². The first-order valence-corrected chi connectivity index (χ1v) is 12.5. The molecule has 3 aliphatic heterocycles. The highest BCUT2D eigenvalue weighted by Gasteiger charge is 2.53. The molecule has 0 radical (unpaired) electrons. The van der Waals surface area contributed by atoms with Gasteiger partial charge in [-0.1, -0.05) is 51.9 Å². The lowest BCUT2D eigenvalue weighted by Gasteiger charge is -2.32. The van der Waals surface area contributed by atoms with E-state index < -0.39 is 6.04 Å². The summed E-state index contributed by atoms with van der Waals surface area (Å²) in [6, 6.07) is -0.209. The van der Waals surface area contributed by atoms with E-state index in [0.29, 0.717) is 11.9 Å². The molecule has 0 aliphatic carbocycles. The van der Waals surface area contributed by atoms with Gasteiger partial charge in [0.1, 0.15) is 6.54 Å². The first kappa shape index (κ1) is 23.9. The van der Waals surface area contributed by atoms with Crippen molar-refractivity contribution in [3.63, 3.8) is 0 Å². The first-order chi connectivity index (χ1) is 15.0. The summed E-state index contributed by atoms with van der Waals surface area (Å²) in [6.07, 6.45) is 13.8. The summed E-state index contributed by atoms with van der Waals surface area (Å²) in [4.78, 5) is 35.6. The Morgan fingerprint density at radius 1 is 0.968 bits per heavy atom. The molecular formula is C24H42N5O2+. The van der Waals surface area contributed by atoms with Crippen LogP contribution >= 0.6 is 0 Å². The topological polar surface area (TPSA) is 59.2 Å². The lowest BCUT2D eigenvalue weighted by Crippen LogP contribution is -2.61. The Morgan fingerprint density at radius 2 is 1.65 bits per heavy atom. The van der Waals surface area contributed by atoms with Crippen LogP contribution in [0.5, 0.6) is 0 Å². The molecule has 2 saturated heterocycles. The van der Waals surface area contributed by atoms with Crippen LogP contribution in [0.25, 0.3) is 0 Å². The molecule has 31 heavy (non-hydrogen) atoms. The third-order valence-corrected chi connectivity index (χ3v) is 7.15. The predicted molar refractivity (Wildman–Crippen MR) is 125 cm³/mol. The van der Waals surface area contributed by atoms with Gasteiger partial charge in [0.15, 0.2) is 0 Å². The Bertz CT molecular complexity index is 717. The number of carbonyl (C=O) groups is 2. The van der Waals surface area contributed by atoms with Crippen LogP contribution in [0.15, 0.2) is 4.99 Å². The van der Waals surface area contributed by atoms with Crippen LogP contribution in [-0.4, -0.2) is 88.7 Å². The fraction of sp³-hybridized carbons (Fsp3) is 0.833. The molecule has 0 aromatic heterocycles. The number of aliphatic imine (C=N–C) groups is 1. The van der Waals surface area contributed by atoms with Gasteiger partial charge in [-0.25, -0.2) is 9.37 Å². The number of likely N-dealkylation sites (tertiary alicyclic amines) is 1. The van der Waals surface area contributed by atoms with Crippen molar-refractivity contribution in [3.05, 3.63) is 0 Å². The SMILES string of the molecule is CCCCCCCCCC[N+]1=C(CN2CCCCC2C)N=C2C1C(=O)N(C)C(=O)N2C. The maximum atomic E-state index is 13.0. The number of amidine groups is 2. The standard InChI is InChI=1S/C24H42N5O2/c1-5-6-7-8-9-10-11-13-17-29-20(18-28-16-14-12-15-19(28)2)25-22-21(29)23(30)27(4)24(31)26(22)3/h19,21H,5-18H2,1-4H3/q+1. The number of rotatable bonds is 11. The average Bonchev–Trinajstić information content (AvgIpc) is 3.12. The maximum Gasteiger partial charge on any atom is 0.333 e. The highest BCUT2D eigenvalue weighted by Crippen LogP contribution is 2.22. The molecule has 7 nitrogen and oxygen atoms in total. The number of carbonyl (C=O) groups excluding carboxylic acids is 2. The van der Waals surface area contributed by atoms with Crippen molar-refractivity contribution in [2.75, 3.05) is 33.7 Å². The highest BCUT2D eigenvalue weighted by atomic mass is 16.2. The second-order valence-corrected chi connectivity index (χ2v) is 9.51. The summed E-state index contributed by atoms with van der Waals surface area (Å²) in [6.45, 7) is 7.20. The molecule has 3 heterocycles. The number of fused-ring (bicyclic) bond motifs is 1. The number of hydrogen-bond donors (Lipinski definition) is 0. The molecule has 174 valence electrons. The lowest BCUT2D eigenvalue weighted by molar-refractivity contribution is -0.537. The average molecular weight is 433 g/mol. The van der Waals surface area contributed by atoms with E-state index in [1.165, 1.54) is 69.1 Å². The van der Waals surface area contributed by atoms with Crippen molar-refractivity contribution in [3.8, 4) is 0 Å². The highest BCUT2D eigenvalue weighted by molar-refractivity contribution is 6.23. The summed E-state index contributed by atoms with van der Waals surface area (Å²) in [5.41, 5.74) is 0. The fourth-order valence-corrected chi connectivity index (χ4v) is 5.02. The fourth-order valence-electron chi connectivity index (χ4n) is 5.02. The van der Waals surface area contributed by atoms with Crippen molar-refractivity contribution in [1.29, 1.82) is 0 Å². The monoisotopic (exact) mass is 432 g/mol. The number of amides is 3. The van der Waals surface area contributed by atoms with Gasteiger partial charge in [-0.05, 0) is 44.1 Å². The number of nitrogens with zero attached hydrogens (tertiary/aromatic N) is 5. The zero-order valence-electron chi connectivity index (χ0n) is 20.1. The predicted octanol–water partition coefficient (Wildman–Crippen LogP) is 3.72. The number of piperidine rings is 1. The van der Waals surface area contributed by atoms with E-state index in [1.807, 2.05) is 0 Å². The molecule has 2 fully saturated rings. The molecule has 0 saturated carbocycles. The number of unbranched alkanes of at least 4 members (excludes halogenated alkanes) is 7. The first-order valence-electron chi connectivity index (χ1n) is 12.5. The van der Waals surface area contributed by atoms with Crippen LogP contribution < -0.4 is 0 Å². The molecular weight excluding hydrogens is 390 g/mol. The summed E-state index contributed by atoms with van der Waals surface area (Å²) >= 11 is 0. The molecule has 0 aromatic carbocycles. The van der Waals surface area contributed by atoms with Crippen LogP contribution in [0.4, 0.5) is 4.79 Å². The Hall–Kier alpha value is -1.76. The molecule has 3 amide bonds. The van der Waals surface area contributed by atoms with E-state index in [1.54, 1.807) is 19.0 Å². The van der Waals surface area contributed by atoms with Crippen molar-refractivity contribution >= 4 is 23.6 Å². The van der Waals surface area contributed by atoms with Crippen LogP contribution in [0.2, 0.25) is 0 Å². The molecule has 7 heteroatoms. The Morgan fingerprint density at radius 3 is 2.32 bits per heavy atom. The quantitative estimate of drug-likeness (QED) is 0.369. The van der Waals surface area contributed by atoms with Gasteiger partial charge < -0.3 is 0 Å². The Balaban J connectivity index is 1.68. The van der Waals surface area contributed by atoms with Gasteiger partial charge in [0.2, 0.25) is 0 Å². The summed E-state index contributed by atoms with van der Waals surface area (Å²) < 4.78 is 2.19. The van der Waals surface area contributed by atoms with Gasteiger partial charge in [-0.15, -0.1) is 0 Å². The normalized spacial score (nSPS) is 24.8. The number of urea groups is 1. The summed E-state index contributed by atoms with van der Waals surface area (Å²) in [5.74, 6) is 1.41. The van der Waals surface area contributed by atoms with E-state index in [2.05, 4.69) is 23.3 Å². The molecule has 0 N–H and O–H groups in total. The molecule has 2 atom stereocenters. The molecule has 0 bridgehead atoms. The molecule has 3 aliphatic rings. The van der Waals surface area contributed by atoms with Gasteiger partial charge in [0.25, 0.3) is 17.8 Å². The Labute approximate surface area is 188 Å². The Kier molecular flexibility index (Phi) is 8.64. The molecule has 0 spiro atoms. The van der Waals surface area contributed by atoms with E-state index in [0.717, 1.165) is 31.9 Å². The summed E-state index contributed by atoms with van der Waals surface area (Å²) in [5, 5.41) is 0. The number of imide groups is 1. The second kappa shape index (κ2) is 11.2. The lowest BCUT2D eigenvalue weighted by atomic mass is 10.0.